The number of aliphatic hydroxyl groups excluding tert-OH is 1. The van der Waals surface area contributed by atoms with E-state index in [1.165, 1.54) is 12.8 Å². The Balaban J connectivity index is 1.54. The van der Waals surface area contributed by atoms with Crippen LogP contribution in [-0.4, -0.2) is 64.7 Å². The lowest BCUT2D eigenvalue weighted by molar-refractivity contribution is -0.0732. The molecule has 3 heterocycles. The first-order valence-corrected chi connectivity index (χ1v) is 8.92. The predicted molar refractivity (Wildman–Crippen MR) is 88.4 cm³/mol. The summed E-state index contributed by atoms with van der Waals surface area (Å²) in [6.45, 7) is 3.34. The molecule has 1 N–H and O–H groups in total. The van der Waals surface area contributed by atoms with Crippen LogP contribution in [0.3, 0.4) is 0 Å². The molecule has 0 aromatic carbocycles. The van der Waals surface area contributed by atoms with E-state index in [0.29, 0.717) is 12.6 Å². The predicted octanol–water partition coefficient (Wildman–Crippen LogP) is 1.74. The van der Waals surface area contributed by atoms with Crippen molar-refractivity contribution in [2.75, 3.05) is 33.2 Å². The number of likely N-dealkylation sites (tertiary alicyclic amines) is 2. The minimum absolute atomic E-state index is 0.140. The van der Waals surface area contributed by atoms with Crippen molar-refractivity contribution in [3.8, 4) is 0 Å². The quantitative estimate of drug-likeness (QED) is 0.904. The van der Waals surface area contributed by atoms with Crippen LogP contribution in [0.2, 0.25) is 0 Å². The summed E-state index contributed by atoms with van der Waals surface area (Å²) in [5.41, 5.74) is 0.681. The van der Waals surface area contributed by atoms with Gasteiger partial charge in [-0.3, -0.25) is 4.79 Å². The topological polar surface area (TPSA) is 48.7 Å². The Kier molecular flexibility index (Phi) is 3.73. The van der Waals surface area contributed by atoms with Gasteiger partial charge in [-0.05, 0) is 51.3 Å². The van der Waals surface area contributed by atoms with Crippen molar-refractivity contribution in [3.63, 3.8) is 0 Å². The summed E-state index contributed by atoms with van der Waals surface area (Å²) in [5, 5.41) is 10.6. The molecular formula is C18H27N3O2. The molecule has 1 aromatic heterocycles. The van der Waals surface area contributed by atoms with Crippen molar-refractivity contribution in [1.82, 2.24) is 14.4 Å². The van der Waals surface area contributed by atoms with Gasteiger partial charge in [-0.1, -0.05) is 0 Å². The molecule has 2 saturated heterocycles. The van der Waals surface area contributed by atoms with Crippen LogP contribution in [0.1, 0.15) is 48.6 Å². The third kappa shape index (κ3) is 2.70. The molecule has 4 rings (SSSR count). The van der Waals surface area contributed by atoms with Crippen LogP contribution >= 0.6 is 0 Å². The fraction of sp³-hybridized carbons (Fsp3) is 0.722. The Bertz CT molecular complexity index is 595. The Labute approximate surface area is 137 Å². The zero-order valence-electron chi connectivity index (χ0n) is 13.9. The van der Waals surface area contributed by atoms with Crippen LogP contribution < -0.4 is 0 Å². The standard InChI is InChI=1S/C18H27N3O2/c1-19-11-7-16(22)18(12-19)8-3-9-20(13-18)17(23)15-4-2-10-21(15)14-5-6-14/h2,4,10,14,16,22H,3,5-9,11-13H2,1H3/t16-,18-/m0/s1. The monoisotopic (exact) mass is 317 g/mol. The molecule has 23 heavy (non-hydrogen) atoms. The number of piperidine rings is 2. The summed E-state index contributed by atoms with van der Waals surface area (Å²) < 4.78 is 2.15. The highest BCUT2D eigenvalue weighted by Gasteiger charge is 2.46. The number of aromatic nitrogens is 1. The fourth-order valence-electron chi connectivity index (χ4n) is 4.51. The molecule has 2 atom stereocenters. The first-order chi connectivity index (χ1) is 11.1. The SMILES string of the molecule is CN1CC[C@H](O)[C@@]2(CCCN(C(=O)c3cccn3C3CC3)C2)C1. The van der Waals surface area contributed by atoms with Crippen molar-refractivity contribution in [1.29, 1.82) is 0 Å². The fourth-order valence-corrected chi connectivity index (χ4v) is 4.51. The average Bonchev–Trinajstić information content (AvgIpc) is 3.28. The molecule has 3 aliphatic rings. The Morgan fingerprint density at radius 1 is 1.26 bits per heavy atom. The third-order valence-corrected chi connectivity index (χ3v) is 5.91. The smallest absolute Gasteiger partial charge is 0.270 e. The second kappa shape index (κ2) is 5.64. The van der Waals surface area contributed by atoms with E-state index in [0.717, 1.165) is 44.6 Å². The molecule has 1 amide bonds. The van der Waals surface area contributed by atoms with Gasteiger partial charge in [-0.15, -0.1) is 0 Å². The van der Waals surface area contributed by atoms with Gasteiger partial charge in [0.15, 0.2) is 0 Å². The maximum atomic E-state index is 13.0. The van der Waals surface area contributed by atoms with Crippen molar-refractivity contribution in [2.45, 2.75) is 44.2 Å². The van der Waals surface area contributed by atoms with Gasteiger partial charge in [-0.25, -0.2) is 0 Å². The van der Waals surface area contributed by atoms with Crippen LogP contribution in [-0.2, 0) is 0 Å². The van der Waals surface area contributed by atoms with E-state index in [4.69, 9.17) is 0 Å². The Morgan fingerprint density at radius 3 is 2.87 bits per heavy atom. The van der Waals surface area contributed by atoms with Crippen LogP contribution in [0.5, 0.6) is 0 Å². The number of carbonyl (C=O) groups excluding carboxylic acids is 1. The van der Waals surface area contributed by atoms with Gasteiger partial charge in [-0.2, -0.15) is 0 Å². The number of amides is 1. The van der Waals surface area contributed by atoms with Gasteiger partial charge in [0.1, 0.15) is 5.69 Å². The van der Waals surface area contributed by atoms with E-state index in [1.807, 2.05) is 23.2 Å². The largest absolute Gasteiger partial charge is 0.392 e. The summed E-state index contributed by atoms with van der Waals surface area (Å²) in [6, 6.07) is 4.45. The molecule has 126 valence electrons. The van der Waals surface area contributed by atoms with E-state index in [2.05, 4.69) is 16.5 Å². The zero-order chi connectivity index (χ0) is 16.0. The number of hydrogen-bond donors (Lipinski definition) is 1. The number of nitrogens with zero attached hydrogens (tertiary/aromatic N) is 3. The molecular weight excluding hydrogens is 290 g/mol. The van der Waals surface area contributed by atoms with E-state index >= 15 is 0 Å². The Morgan fingerprint density at radius 2 is 2.09 bits per heavy atom. The van der Waals surface area contributed by atoms with Crippen LogP contribution in [0, 0.1) is 5.41 Å². The molecule has 0 bridgehead atoms. The van der Waals surface area contributed by atoms with Gasteiger partial charge in [0, 0.05) is 43.8 Å². The van der Waals surface area contributed by atoms with Crippen molar-refractivity contribution in [3.05, 3.63) is 24.0 Å². The summed E-state index contributed by atoms with van der Waals surface area (Å²) >= 11 is 0. The number of aliphatic hydroxyl groups is 1. The van der Waals surface area contributed by atoms with Gasteiger partial charge in [0.2, 0.25) is 0 Å². The van der Waals surface area contributed by atoms with Crippen LogP contribution in [0.15, 0.2) is 18.3 Å². The summed E-state index contributed by atoms with van der Waals surface area (Å²) in [5.74, 6) is 0.140. The third-order valence-electron chi connectivity index (χ3n) is 5.91. The molecule has 5 heteroatoms. The maximum Gasteiger partial charge on any atom is 0.270 e. The lowest BCUT2D eigenvalue weighted by atomic mass is 9.71. The molecule has 2 aliphatic heterocycles. The van der Waals surface area contributed by atoms with E-state index < -0.39 is 0 Å². The second-order valence-corrected chi connectivity index (χ2v) is 7.77. The number of carbonyl (C=O) groups is 1. The normalized spacial score (nSPS) is 32.4. The van der Waals surface area contributed by atoms with Gasteiger partial charge < -0.3 is 19.5 Å². The van der Waals surface area contributed by atoms with Crippen molar-refractivity contribution >= 4 is 5.91 Å². The highest BCUT2D eigenvalue weighted by molar-refractivity contribution is 5.93. The molecule has 0 unspecified atom stereocenters. The minimum atomic E-state index is -0.287. The lowest BCUT2D eigenvalue weighted by Crippen LogP contribution is -2.59. The molecule has 0 radical (unpaired) electrons. The molecule has 1 saturated carbocycles. The van der Waals surface area contributed by atoms with E-state index in [9.17, 15) is 9.90 Å². The van der Waals surface area contributed by atoms with E-state index in [1.54, 1.807) is 0 Å². The van der Waals surface area contributed by atoms with Gasteiger partial charge in [0.25, 0.3) is 5.91 Å². The first-order valence-electron chi connectivity index (χ1n) is 8.92. The average molecular weight is 317 g/mol. The van der Waals surface area contributed by atoms with Crippen LogP contribution in [0.25, 0.3) is 0 Å². The minimum Gasteiger partial charge on any atom is -0.392 e. The van der Waals surface area contributed by atoms with Gasteiger partial charge >= 0.3 is 0 Å². The molecule has 1 spiro atoms. The molecule has 5 nitrogen and oxygen atoms in total. The van der Waals surface area contributed by atoms with Gasteiger partial charge in [0.05, 0.1) is 6.10 Å². The molecule has 1 aliphatic carbocycles. The zero-order valence-corrected chi connectivity index (χ0v) is 13.9. The number of rotatable bonds is 2. The second-order valence-electron chi connectivity index (χ2n) is 7.77. The molecule has 3 fully saturated rings. The maximum absolute atomic E-state index is 13.0. The van der Waals surface area contributed by atoms with E-state index in [-0.39, 0.29) is 17.4 Å². The molecule has 1 aromatic rings. The van der Waals surface area contributed by atoms with Crippen LogP contribution in [0.4, 0.5) is 0 Å². The Hall–Kier alpha value is -1.33. The highest BCUT2D eigenvalue weighted by Crippen LogP contribution is 2.40. The summed E-state index contributed by atoms with van der Waals surface area (Å²) in [6.07, 6.45) is 6.94. The summed E-state index contributed by atoms with van der Waals surface area (Å²) in [4.78, 5) is 17.3. The highest BCUT2D eigenvalue weighted by atomic mass is 16.3. The lowest BCUT2D eigenvalue weighted by Gasteiger charge is -2.50. The first kappa shape index (κ1) is 15.2. The number of hydrogen-bond acceptors (Lipinski definition) is 3. The van der Waals surface area contributed by atoms with Crippen molar-refractivity contribution in [2.24, 2.45) is 5.41 Å². The van der Waals surface area contributed by atoms with Crippen molar-refractivity contribution < 1.29 is 9.90 Å². The summed E-state index contributed by atoms with van der Waals surface area (Å²) in [7, 11) is 2.12.